The number of amides is 1. The van der Waals surface area contributed by atoms with Crippen molar-refractivity contribution in [2.45, 2.75) is 26.1 Å². The van der Waals surface area contributed by atoms with Gasteiger partial charge >= 0.3 is 6.61 Å². The predicted molar refractivity (Wildman–Crippen MR) is 93.8 cm³/mol. The van der Waals surface area contributed by atoms with Crippen LogP contribution in [-0.2, 0) is 11.3 Å². The van der Waals surface area contributed by atoms with E-state index in [0.717, 1.165) is 5.56 Å². The second-order valence-corrected chi connectivity index (χ2v) is 5.80. The van der Waals surface area contributed by atoms with Crippen LogP contribution in [0.4, 0.5) is 14.5 Å². The Kier molecular flexibility index (Phi) is 6.64. The fraction of sp³-hybridized carbons (Fsp3) is 0.263. The largest absolute Gasteiger partial charge is 0.435 e. The topological polar surface area (TPSA) is 65.4 Å². The average molecular weight is 359 g/mol. The summed E-state index contributed by atoms with van der Waals surface area (Å²) < 4.78 is 29.0. The molecule has 26 heavy (non-hydrogen) atoms. The number of rotatable bonds is 7. The molecule has 2 aromatic carbocycles. The minimum Gasteiger partial charge on any atom is -0.435 e. The highest BCUT2D eigenvalue weighted by Crippen LogP contribution is 2.18. The zero-order chi connectivity index (χ0) is 19.1. The summed E-state index contributed by atoms with van der Waals surface area (Å²) in [4.78, 5) is 14.2. The fourth-order valence-electron chi connectivity index (χ4n) is 2.36. The second kappa shape index (κ2) is 8.92. The molecule has 1 atom stereocenters. The molecule has 0 saturated heterocycles. The third-order valence-corrected chi connectivity index (χ3v) is 3.86. The second-order valence-electron chi connectivity index (χ2n) is 5.80. The van der Waals surface area contributed by atoms with Gasteiger partial charge in [0.2, 0.25) is 5.91 Å². The summed E-state index contributed by atoms with van der Waals surface area (Å²) in [5, 5.41) is 11.7. The number of anilines is 1. The van der Waals surface area contributed by atoms with Crippen molar-refractivity contribution < 1.29 is 18.3 Å². The van der Waals surface area contributed by atoms with E-state index in [2.05, 4.69) is 10.1 Å². The van der Waals surface area contributed by atoms with Crippen LogP contribution in [-0.4, -0.2) is 30.5 Å². The molecule has 136 valence electrons. The number of halogens is 2. The maximum absolute atomic E-state index is 12.4. The Morgan fingerprint density at radius 3 is 2.69 bits per heavy atom. The van der Waals surface area contributed by atoms with E-state index in [1.165, 1.54) is 12.1 Å². The molecule has 2 aromatic rings. The molecule has 0 heterocycles. The van der Waals surface area contributed by atoms with Crippen LogP contribution < -0.4 is 10.1 Å². The van der Waals surface area contributed by atoms with Crippen molar-refractivity contribution in [2.24, 2.45) is 0 Å². The van der Waals surface area contributed by atoms with Crippen molar-refractivity contribution in [1.29, 1.82) is 5.26 Å². The molecule has 1 amide bonds. The van der Waals surface area contributed by atoms with Crippen LogP contribution >= 0.6 is 0 Å². The fourth-order valence-corrected chi connectivity index (χ4v) is 2.36. The molecular weight excluding hydrogens is 340 g/mol. The van der Waals surface area contributed by atoms with Crippen LogP contribution in [0.5, 0.6) is 5.75 Å². The van der Waals surface area contributed by atoms with Crippen molar-refractivity contribution in [3.8, 4) is 11.8 Å². The van der Waals surface area contributed by atoms with Gasteiger partial charge in [0.15, 0.2) is 0 Å². The molecule has 0 aliphatic carbocycles. The van der Waals surface area contributed by atoms with E-state index in [0.29, 0.717) is 17.8 Å². The summed E-state index contributed by atoms with van der Waals surface area (Å²) in [5.74, 6) is -0.154. The van der Waals surface area contributed by atoms with Crippen LogP contribution in [0.25, 0.3) is 0 Å². The maximum Gasteiger partial charge on any atom is 0.387 e. The molecular formula is C19H19F2N3O2. The van der Waals surface area contributed by atoms with Gasteiger partial charge in [0.05, 0.1) is 17.7 Å². The first-order valence-corrected chi connectivity index (χ1v) is 7.94. The van der Waals surface area contributed by atoms with Crippen LogP contribution in [0.3, 0.4) is 0 Å². The quantitative estimate of drug-likeness (QED) is 0.820. The number of nitriles is 1. The van der Waals surface area contributed by atoms with E-state index in [1.54, 1.807) is 55.3 Å². The highest BCUT2D eigenvalue weighted by Gasteiger charge is 2.18. The highest BCUT2D eigenvalue weighted by molar-refractivity contribution is 5.94. The first-order valence-electron chi connectivity index (χ1n) is 7.94. The van der Waals surface area contributed by atoms with Gasteiger partial charge in [-0.15, -0.1) is 0 Å². The number of nitrogens with one attached hydrogen (secondary N) is 1. The zero-order valence-electron chi connectivity index (χ0n) is 14.4. The summed E-state index contributed by atoms with van der Waals surface area (Å²) >= 11 is 0. The first kappa shape index (κ1) is 19.3. The number of hydrogen-bond acceptors (Lipinski definition) is 4. The van der Waals surface area contributed by atoms with Crippen LogP contribution in [0.2, 0.25) is 0 Å². The number of nitrogens with zero attached hydrogens (tertiary/aromatic N) is 2. The lowest BCUT2D eigenvalue weighted by molar-refractivity contribution is -0.120. The summed E-state index contributed by atoms with van der Waals surface area (Å²) in [5.41, 5.74) is 1.75. The van der Waals surface area contributed by atoms with Gasteiger partial charge in [0.1, 0.15) is 5.75 Å². The van der Waals surface area contributed by atoms with Crippen LogP contribution in [0, 0.1) is 11.3 Å². The molecule has 5 nitrogen and oxygen atoms in total. The summed E-state index contributed by atoms with van der Waals surface area (Å²) in [6.07, 6.45) is 0. The van der Waals surface area contributed by atoms with Gasteiger partial charge in [-0.25, -0.2) is 0 Å². The van der Waals surface area contributed by atoms with E-state index < -0.39 is 12.7 Å². The Bertz CT molecular complexity index is 805. The lowest BCUT2D eigenvalue weighted by Crippen LogP contribution is -2.39. The number of carbonyl (C=O) groups excluding carboxylic acids is 1. The van der Waals surface area contributed by atoms with Gasteiger partial charge in [-0.05, 0) is 49.9 Å². The number of likely N-dealkylation sites (N-methyl/N-ethyl adjacent to an activating group) is 1. The third kappa shape index (κ3) is 5.53. The van der Waals surface area contributed by atoms with Crippen molar-refractivity contribution in [3.63, 3.8) is 0 Å². The standard InChI is InChI=1S/C19H19F2N3O2/c1-13(18(25)23-16-7-3-5-14(9-16)11-22)24(2)12-15-6-4-8-17(10-15)26-19(20)21/h3-10,13,19H,12H2,1-2H3,(H,23,25). The van der Waals surface area contributed by atoms with Crippen molar-refractivity contribution >= 4 is 11.6 Å². The third-order valence-electron chi connectivity index (χ3n) is 3.86. The van der Waals surface area contributed by atoms with E-state index in [9.17, 15) is 13.6 Å². The number of benzene rings is 2. The normalized spacial score (nSPS) is 11.9. The average Bonchev–Trinajstić information content (AvgIpc) is 2.60. The van der Waals surface area contributed by atoms with Gasteiger partial charge in [-0.3, -0.25) is 9.69 Å². The molecule has 0 aromatic heterocycles. The van der Waals surface area contributed by atoms with Gasteiger partial charge < -0.3 is 10.1 Å². The van der Waals surface area contributed by atoms with Gasteiger partial charge in [-0.2, -0.15) is 14.0 Å². The Balaban J connectivity index is 1.99. The van der Waals surface area contributed by atoms with E-state index >= 15 is 0 Å². The molecule has 0 aliphatic rings. The van der Waals surface area contributed by atoms with Gasteiger partial charge in [0, 0.05) is 12.2 Å². The molecule has 7 heteroatoms. The highest BCUT2D eigenvalue weighted by atomic mass is 19.3. The van der Waals surface area contributed by atoms with Gasteiger partial charge in [-0.1, -0.05) is 18.2 Å². The minimum absolute atomic E-state index is 0.0799. The smallest absolute Gasteiger partial charge is 0.387 e. The van der Waals surface area contributed by atoms with Crippen molar-refractivity contribution in [1.82, 2.24) is 4.90 Å². The molecule has 0 radical (unpaired) electrons. The number of hydrogen-bond donors (Lipinski definition) is 1. The van der Waals surface area contributed by atoms with E-state index in [-0.39, 0.29) is 11.7 Å². The Morgan fingerprint density at radius 1 is 1.27 bits per heavy atom. The van der Waals surface area contributed by atoms with Gasteiger partial charge in [0.25, 0.3) is 0 Å². The van der Waals surface area contributed by atoms with Crippen LogP contribution in [0.15, 0.2) is 48.5 Å². The molecule has 1 N–H and O–H groups in total. The minimum atomic E-state index is -2.88. The van der Waals surface area contributed by atoms with E-state index in [4.69, 9.17) is 5.26 Å². The Morgan fingerprint density at radius 2 is 2.00 bits per heavy atom. The first-order chi connectivity index (χ1) is 12.4. The monoisotopic (exact) mass is 359 g/mol. The number of carbonyl (C=O) groups is 1. The molecule has 1 unspecified atom stereocenters. The Labute approximate surface area is 150 Å². The summed E-state index contributed by atoms with van der Waals surface area (Å²) in [6.45, 7) is -0.757. The van der Waals surface area contributed by atoms with E-state index in [1.807, 2.05) is 6.07 Å². The number of alkyl halides is 2. The molecule has 2 rings (SSSR count). The molecule has 0 spiro atoms. The lowest BCUT2D eigenvalue weighted by Gasteiger charge is -2.24. The SMILES string of the molecule is CC(C(=O)Nc1cccc(C#N)c1)N(C)Cc1cccc(OC(F)F)c1. The molecule has 0 saturated carbocycles. The number of ether oxygens (including phenoxy) is 1. The molecule has 0 fully saturated rings. The summed E-state index contributed by atoms with van der Waals surface area (Å²) in [6, 6.07) is 14.6. The van der Waals surface area contributed by atoms with Crippen LogP contribution in [0.1, 0.15) is 18.1 Å². The molecule has 0 aliphatic heterocycles. The predicted octanol–water partition coefficient (Wildman–Crippen LogP) is 3.62. The van der Waals surface area contributed by atoms with Crippen molar-refractivity contribution in [2.75, 3.05) is 12.4 Å². The summed E-state index contributed by atoms with van der Waals surface area (Å²) in [7, 11) is 1.76. The Hall–Kier alpha value is -2.98. The zero-order valence-corrected chi connectivity index (χ0v) is 14.4. The maximum atomic E-state index is 12.4. The lowest BCUT2D eigenvalue weighted by atomic mass is 10.1. The molecule has 0 bridgehead atoms. The van der Waals surface area contributed by atoms with Crippen molar-refractivity contribution in [3.05, 3.63) is 59.7 Å².